The molecular formula is C21H20ClN7OS. The van der Waals surface area contributed by atoms with E-state index in [0.29, 0.717) is 23.2 Å². The van der Waals surface area contributed by atoms with Crippen molar-refractivity contribution in [1.29, 1.82) is 0 Å². The highest BCUT2D eigenvalue weighted by atomic mass is 35.5. The van der Waals surface area contributed by atoms with Crippen LogP contribution in [0.3, 0.4) is 0 Å². The van der Waals surface area contributed by atoms with Gasteiger partial charge < -0.3 is 10.2 Å². The van der Waals surface area contributed by atoms with Gasteiger partial charge in [0.1, 0.15) is 16.9 Å². The second-order valence-corrected chi connectivity index (χ2v) is 9.04. The van der Waals surface area contributed by atoms with Crippen molar-refractivity contribution >= 4 is 28.6 Å². The summed E-state index contributed by atoms with van der Waals surface area (Å²) in [5.74, 6) is 2.42. The molecule has 0 aliphatic carbocycles. The maximum absolute atomic E-state index is 6.15. The van der Waals surface area contributed by atoms with E-state index in [0.717, 1.165) is 33.5 Å². The lowest BCUT2D eigenvalue weighted by atomic mass is 9.99. The molecule has 0 saturated heterocycles. The predicted octanol–water partition coefficient (Wildman–Crippen LogP) is 3.88. The van der Waals surface area contributed by atoms with Crippen LogP contribution < -0.4 is 5.73 Å². The zero-order chi connectivity index (χ0) is 21.7. The first-order valence-corrected chi connectivity index (χ1v) is 11.0. The Labute approximate surface area is 187 Å². The van der Waals surface area contributed by atoms with Crippen molar-refractivity contribution in [1.82, 2.24) is 25.0 Å². The summed E-state index contributed by atoms with van der Waals surface area (Å²) in [5.41, 5.74) is 9.78. The van der Waals surface area contributed by atoms with E-state index < -0.39 is 0 Å². The second-order valence-electron chi connectivity index (χ2n) is 7.40. The highest BCUT2D eigenvalue weighted by Crippen LogP contribution is 2.39. The number of halogens is 1. The molecule has 0 radical (unpaired) electrons. The summed E-state index contributed by atoms with van der Waals surface area (Å²) in [6.07, 6.45) is 0.398. The molecule has 1 aromatic carbocycles. The predicted molar refractivity (Wildman–Crippen MR) is 119 cm³/mol. The molecule has 4 aromatic rings. The minimum Gasteiger partial charge on any atom is -0.424 e. The summed E-state index contributed by atoms with van der Waals surface area (Å²) < 4.78 is 7.76. The Hall–Kier alpha value is -2.88. The maximum Gasteiger partial charge on any atom is 0.230 e. The molecule has 2 N–H and O–H groups in total. The molecule has 1 atom stereocenters. The Kier molecular flexibility index (Phi) is 4.96. The van der Waals surface area contributed by atoms with Gasteiger partial charge in [-0.25, -0.2) is 0 Å². The monoisotopic (exact) mass is 453 g/mol. The summed E-state index contributed by atoms with van der Waals surface area (Å²) in [6.45, 7) is 6.40. The van der Waals surface area contributed by atoms with E-state index in [1.807, 2.05) is 31.2 Å². The molecule has 1 aliphatic rings. The van der Waals surface area contributed by atoms with Gasteiger partial charge in [0.25, 0.3) is 0 Å². The first-order chi connectivity index (χ1) is 15.0. The zero-order valence-corrected chi connectivity index (χ0v) is 18.8. The first kappa shape index (κ1) is 20.0. The van der Waals surface area contributed by atoms with Crippen LogP contribution in [-0.4, -0.2) is 30.7 Å². The van der Waals surface area contributed by atoms with Gasteiger partial charge in [0.2, 0.25) is 11.8 Å². The summed E-state index contributed by atoms with van der Waals surface area (Å²) in [5, 5.41) is 18.7. The molecule has 0 bridgehead atoms. The summed E-state index contributed by atoms with van der Waals surface area (Å²) >= 11 is 7.87. The summed E-state index contributed by atoms with van der Waals surface area (Å²) in [4.78, 5) is 6.40. The average molecular weight is 454 g/mol. The lowest BCUT2D eigenvalue weighted by Gasteiger charge is -2.11. The van der Waals surface area contributed by atoms with Crippen LogP contribution in [0.15, 0.2) is 33.7 Å². The number of hydrogen-bond donors (Lipinski definition) is 1. The van der Waals surface area contributed by atoms with Crippen molar-refractivity contribution in [3.63, 3.8) is 0 Å². The summed E-state index contributed by atoms with van der Waals surface area (Å²) in [6, 6.07) is 7.39. The van der Waals surface area contributed by atoms with E-state index in [2.05, 4.69) is 38.8 Å². The van der Waals surface area contributed by atoms with Gasteiger partial charge >= 0.3 is 0 Å². The number of aromatic nitrogens is 5. The molecule has 0 spiro atoms. The fraction of sp³-hybridized carbons (Fsp3) is 0.286. The van der Waals surface area contributed by atoms with Crippen LogP contribution in [0.2, 0.25) is 5.02 Å². The molecule has 4 heterocycles. The van der Waals surface area contributed by atoms with Crippen molar-refractivity contribution < 1.29 is 4.42 Å². The molecule has 0 saturated carbocycles. The highest BCUT2D eigenvalue weighted by molar-refractivity contribution is 7.15. The third-order valence-electron chi connectivity index (χ3n) is 5.41. The third-order valence-corrected chi connectivity index (χ3v) is 6.85. The third kappa shape index (κ3) is 3.38. The molecule has 31 heavy (non-hydrogen) atoms. The first-order valence-electron chi connectivity index (χ1n) is 9.84. The van der Waals surface area contributed by atoms with E-state index in [4.69, 9.17) is 26.7 Å². The van der Waals surface area contributed by atoms with E-state index in [1.54, 1.807) is 11.3 Å². The molecular weight excluding hydrogens is 434 g/mol. The van der Waals surface area contributed by atoms with E-state index >= 15 is 0 Å². The Bertz CT molecular complexity index is 1300. The van der Waals surface area contributed by atoms with Gasteiger partial charge in [-0.3, -0.25) is 9.56 Å². The number of rotatable bonds is 4. The molecule has 8 nitrogen and oxygen atoms in total. The second kappa shape index (κ2) is 7.67. The SMILES string of the molecule is Cc1sc2c(c1C)C(c1ccc(Cl)cc1)=N[C@@H](Cc1nnc(CN)o1)c1nnc(C)n1-2. The van der Waals surface area contributed by atoms with Crippen LogP contribution in [0.5, 0.6) is 0 Å². The fourth-order valence-corrected chi connectivity index (χ4v) is 5.09. The number of hydrogen-bond acceptors (Lipinski definition) is 8. The minimum absolute atomic E-state index is 0.196. The largest absolute Gasteiger partial charge is 0.424 e. The standard InChI is InChI=1S/C21H20ClN7OS/c1-10-11(2)31-21-18(10)19(13-4-6-14(22)7-5-13)24-15(20-28-25-12(3)29(20)21)8-16-26-27-17(9-23)30-16/h4-7,15H,8-9,23H2,1-3H3/t15-/m0/s1. The van der Waals surface area contributed by atoms with E-state index in [-0.39, 0.29) is 12.6 Å². The Balaban J connectivity index is 1.73. The summed E-state index contributed by atoms with van der Waals surface area (Å²) in [7, 11) is 0. The number of thiophene rings is 1. The Morgan fingerprint density at radius 2 is 1.81 bits per heavy atom. The van der Waals surface area contributed by atoms with Crippen molar-refractivity contribution in [3.05, 3.63) is 74.3 Å². The average Bonchev–Trinajstić information content (AvgIpc) is 3.42. The number of aryl methyl sites for hydroxylation is 2. The fourth-order valence-electron chi connectivity index (χ4n) is 3.75. The number of nitrogens with two attached hydrogens (primary N) is 1. The van der Waals surface area contributed by atoms with Crippen LogP contribution in [0.25, 0.3) is 5.00 Å². The minimum atomic E-state index is -0.350. The molecule has 1 aliphatic heterocycles. The van der Waals surface area contributed by atoms with Gasteiger partial charge in [0, 0.05) is 21.0 Å². The van der Waals surface area contributed by atoms with Crippen molar-refractivity contribution in [2.75, 3.05) is 0 Å². The zero-order valence-electron chi connectivity index (χ0n) is 17.3. The molecule has 5 rings (SSSR count). The molecule has 10 heteroatoms. The molecule has 158 valence electrons. The van der Waals surface area contributed by atoms with Gasteiger partial charge in [-0.1, -0.05) is 23.7 Å². The number of benzene rings is 1. The highest BCUT2D eigenvalue weighted by Gasteiger charge is 2.32. The van der Waals surface area contributed by atoms with Crippen LogP contribution >= 0.6 is 22.9 Å². The van der Waals surface area contributed by atoms with Crippen molar-refractivity contribution in [3.8, 4) is 5.00 Å². The number of fused-ring (bicyclic) bond motifs is 3. The van der Waals surface area contributed by atoms with Crippen LogP contribution in [0.1, 0.15) is 51.0 Å². The van der Waals surface area contributed by atoms with Gasteiger partial charge in [0.05, 0.1) is 18.7 Å². The smallest absolute Gasteiger partial charge is 0.230 e. The molecule has 0 fully saturated rings. The normalized spacial score (nSPS) is 15.4. The molecule has 0 unspecified atom stereocenters. The van der Waals surface area contributed by atoms with Gasteiger partial charge in [-0.2, -0.15) is 0 Å². The van der Waals surface area contributed by atoms with E-state index in [9.17, 15) is 0 Å². The van der Waals surface area contributed by atoms with Gasteiger partial charge in [0.15, 0.2) is 5.82 Å². The van der Waals surface area contributed by atoms with Gasteiger partial charge in [-0.15, -0.1) is 31.7 Å². The quantitative estimate of drug-likeness (QED) is 0.502. The number of aliphatic imine (C=N–C) groups is 1. The maximum atomic E-state index is 6.15. The lowest BCUT2D eigenvalue weighted by Crippen LogP contribution is -2.09. The van der Waals surface area contributed by atoms with Crippen molar-refractivity contribution in [2.45, 2.75) is 39.8 Å². The van der Waals surface area contributed by atoms with E-state index in [1.165, 1.54) is 10.4 Å². The van der Waals surface area contributed by atoms with Gasteiger partial charge in [-0.05, 0) is 38.5 Å². The van der Waals surface area contributed by atoms with Crippen LogP contribution in [0, 0.1) is 20.8 Å². The topological polar surface area (TPSA) is 108 Å². The molecule has 3 aromatic heterocycles. The van der Waals surface area contributed by atoms with Crippen molar-refractivity contribution in [2.24, 2.45) is 10.7 Å². The lowest BCUT2D eigenvalue weighted by molar-refractivity contribution is 0.433. The Morgan fingerprint density at radius 1 is 1.06 bits per heavy atom. The van der Waals surface area contributed by atoms with Crippen LogP contribution in [-0.2, 0) is 13.0 Å². The van der Waals surface area contributed by atoms with Crippen LogP contribution in [0.4, 0.5) is 0 Å². The number of nitrogens with zero attached hydrogens (tertiary/aromatic N) is 6. The molecule has 0 amide bonds. The Morgan fingerprint density at radius 3 is 2.52 bits per heavy atom.